The minimum atomic E-state index is 0.534. The molecule has 0 fully saturated rings. The normalized spacial score (nSPS) is 9.86. The van der Waals surface area contributed by atoms with Crippen LogP contribution in [0.15, 0.2) is 12.4 Å². The topological polar surface area (TPSA) is 85.1 Å². The number of hydrogen-bond donors (Lipinski definition) is 3. The highest BCUT2D eigenvalue weighted by atomic mass is 16.5. The summed E-state index contributed by atoms with van der Waals surface area (Å²) in [5, 5.41) is 3.06. The number of hydrazine groups is 1. The first kappa shape index (κ1) is 10.7. The lowest BCUT2D eigenvalue weighted by Crippen LogP contribution is -2.13. The van der Waals surface area contributed by atoms with Gasteiger partial charge >= 0.3 is 0 Å². The monoisotopic (exact) mass is 197 g/mol. The Labute approximate surface area is 82.9 Å². The van der Waals surface area contributed by atoms with E-state index in [1.165, 1.54) is 0 Å². The van der Waals surface area contributed by atoms with Gasteiger partial charge in [-0.3, -0.25) is 4.98 Å². The van der Waals surface area contributed by atoms with Crippen molar-refractivity contribution in [1.82, 2.24) is 9.97 Å². The summed E-state index contributed by atoms with van der Waals surface area (Å²) in [5.41, 5.74) is 2.42. The van der Waals surface area contributed by atoms with Crippen molar-refractivity contribution < 1.29 is 4.74 Å². The molecule has 0 aliphatic carbocycles. The molecule has 0 aromatic carbocycles. The molecule has 1 aromatic heterocycles. The molecular weight excluding hydrogens is 182 g/mol. The summed E-state index contributed by atoms with van der Waals surface area (Å²) in [6, 6.07) is 0. The van der Waals surface area contributed by atoms with Gasteiger partial charge in [-0.1, -0.05) is 0 Å². The van der Waals surface area contributed by atoms with Crippen molar-refractivity contribution in [1.29, 1.82) is 0 Å². The van der Waals surface area contributed by atoms with Gasteiger partial charge in [0.15, 0.2) is 5.82 Å². The highest BCUT2D eigenvalue weighted by molar-refractivity contribution is 5.40. The van der Waals surface area contributed by atoms with Crippen molar-refractivity contribution >= 4 is 11.6 Å². The maximum absolute atomic E-state index is 5.19. The summed E-state index contributed by atoms with van der Waals surface area (Å²) in [6.45, 7) is 4.03. The molecule has 0 aliphatic heterocycles. The molecule has 6 heteroatoms. The lowest BCUT2D eigenvalue weighted by molar-refractivity contribution is 0.158. The molecule has 0 radical (unpaired) electrons. The van der Waals surface area contributed by atoms with Crippen LogP contribution in [0.3, 0.4) is 0 Å². The predicted octanol–water partition coefficient (Wildman–Crippen LogP) is 0.211. The van der Waals surface area contributed by atoms with E-state index in [1.807, 2.05) is 6.92 Å². The number of hydrogen-bond acceptors (Lipinski definition) is 6. The molecule has 0 spiro atoms. The van der Waals surface area contributed by atoms with Gasteiger partial charge in [0.1, 0.15) is 5.82 Å². The Bertz CT molecular complexity index is 268. The Balaban J connectivity index is 2.34. The second-order valence-corrected chi connectivity index (χ2v) is 2.56. The zero-order chi connectivity index (χ0) is 10.2. The number of aromatic nitrogens is 2. The van der Waals surface area contributed by atoms with Gasteiger partial charge in [-0.05, 0) is 6.92 Å². The molecule has 0 unspecified atom stereocenters. The number of anilines is 2. The van der Waals surface area contributed by atoms with E-state index in [0.29, 0.717) is 24.8 Å². The molecule has 6 nitrogen and oxygen atoms in total. The second-order valence-electron chi connectivity index (χ2n) is 2.56. The molecule has 14 heavy (non-hydrogen) atoms. The molecule has 0 saturated heterocycles. The van der Waals surface area contributed by atoms with Crippen LogP contribution in [0, 0.1) is 0 Å². The van der Waals surface area contributed by atoms with E-state index in [9.17, 15) is 0 Å². The minimum absolute atomic E-state index is 0.534. The van der Waals surface area contributed by atoms with Crippen molar-refractivity contribution in [2.24, 2.45) is 5.84 Å². The Morgan fingerprint density at radius 1 is 1.43 bits per heavy atom. The number of ether oxygens (including phenoxy) is 1. The summed E-state index contributed by atoms with van der Waals surface area (Å²) < 4.78 is 5.16. The van der Waals surface area contributed by atoms with E-state index >= 15 is 0 Å². The van der Waals surface area contributed by atoms with Gasteiger partial charge in [0.25, 0.3) is 0 Å². The fraction of sp³-hybridized carbons (Fsp3) is 0.500. The maximum Gasteiger partial charge on any atom is 0.160 e. The summed E-state index contributed by atoms with van der Waals surface area (Å²) in [6.07, 6.45) is 3.18. The van der Waals surface area contributed by atoms with Gasteiger partial charge in [-0.15, -0.1) is 0 Å². The number of nitrogens with two attached hydrogens (primary N) is 1. The fourth-order valence-electron chi connectivity index (χ4n) is 0.916. The first-order valence-electron chi connectivity index (χ1n) is 4.47. The van der Waals surface area contributed by atoms with E-state index in [4.69, 9.17) is 10.6 Å². The van der Waals surface area contributed by atoms with E-state index < -0.39 is 0 Å². The SMILES string of the molecule is CCOCCNc1cncc(NN)n1. The fourth-order valence-corrected chi connectivity index (χ4v) is 0.916. The third kappa shape index (κ3) is 3.55. The van der Waals surface area contributed by atoms with Crippen LogP contribution in [-0.2, 0) is 4.74 Å². The first-order valence-corrected chi connectivity index (χ1v) is 4.47. The number of nitrogens with one attached hydrogen (secondary N) is 2. The molecule has 1 rings (SSSR count). The average Bonchev–Trinajstić information content (AvgIpc) is 2.25. The molecule has 0 bridgehead atoms. The van der Waals surface area contributed by atoms with Crippen LogP contribution < -0.4 is 16.6 Å². The molecule has 0 amide bonds. The van der Waals surface area contributed by atoms with Gasteiger partial charge in [0.2, 0.25) is 0 Å². The van der Waals surface area contributed by atoms with Gasteiger partial charge in [-0.25, -0.2) is 10.8 Å². The van der Waals surface area contributed by atoms with E-state index in [1.54, 1.807) is 12.4 Å². The van der Waals surface area contributed by atoms with Crippen LogP contribution in [0.5, 0.6) is 0 Å². The van der Waals surface area contributed by atoms with Crippen LogP contribution in [0.1, 0.15) is 6.92 Å². The molecule has 78 valence electrons. The van der Waals surface area contributed by atoms with Crippen molar-refractivity contribution in [2.45, 2.75) is 6.92 Å². The summed E-state index contributed by atoms with van der Waals surface area (Å²) in [4.78, 5) is 8.07. The van der Waals surface area contributed by atoms with Crippen molar-refractivity contribution in [2.75, 3.05) is 30.5 Å². The lowest BCUT2D eigenvalue weighted by atomic mass is 10.6. The molecule has 0 aliphatic rings. The third-order valence-electron chi connectivity index (χ3n) is 1.54. The Morgan fingerprint density at radius 3 is 2.93 bits per heavy atom. The zero-order valence-electron chi connectivity index (χ0n) is 8.16. The highest BCUT2D eigenvalue weighted by Gasteiger charge is 1.95. The minimum Gasteiger partial charge on any atom is -0.380 e. The quantitative estimate of drug-likeness (QED) is 0.343. The van der Waals surface area contributed by atoms with Crippen molar-refractivity contribution in [3.05, 3.63) is 12.4 Å². The lowest BCUT2D eigenvalue weighted by Gasteiger charge is -2.06. The maximum atomic E-state index is 5.19. The largest absolute Gasteiger partial charge is 0.380 e. The molecule has 1 heterocycles. The van der Waals surface area contributed by atoms with Gasteiger partial charge in [0, 0.05) is 13.2 Å². The van der Waals surface area contributed by atoms with Gasteiger partial charge < -0.3 is 15.5 Å². The van der Waals surface area contributed by atoms with E-state index in [0.717, 1.165) is 6.61 Å². The van der Waals surface area contributed by atoms with Crippen LogP contribution in [0.2, 0.25) is 0 Å². The summed E-state index contributed by atoms with van der Waals surface area (Å²) >= 11 is 0. The number of nitrogen functional groups attached to an aromatic ring is 1. The second kappa shape index (κ2) is 6.11. The van der Waals surface area contributed by atoms with Crippen LogP contribution in [0.4, 0.5) is 11.6 Å². The summed E-state index contributed by atoms with van der Waals surface area (Å²) in [7, 11) is 0. The zero-order valence-corrected chi connectivity index (χ0v) is 8.16. The first-order chi connectivity index (χ1) is 6.86. The van der Waals surface area contributed by atoms with Crippen molar-refractivity contribution in [3.8, 4) is 0 Å². The Kier molecular flexibility index (Phi) is 4.66. The standard InChI is InChI=1S/C8H15N5O/c1-2-14-4-3-11-7-5-10-6-8(12-7)13-9/h5-6H,2-4,9H2,1H3,(H2,11,12,13). The van der Waals surface area contributed by atoms with Crippen LogP contribution in [0.25, 0.3) is 0 Å². The Hall–Kier alpha value is -1.40. The summed E-state index contributed by atoms with van der Waals surface area (Å²) in [5.74, 6) is 6.40. The molecule has 4 N–H and O–H groups in total. The van der Waals surface area contributed by atoms with Gasteiger partial charge in [0.05, 0.1) is 19.0 Å². The molecular formula is C8H15N5O. The van der Waals surface area contributed by atoms with E-state index in [-0.39, 0.29) is 0 Å². The van der Waals surface area contributed by atoms with Crippen molar-refractivity contribution in [3.63, 3.8) is 0 Å². The smallest absolute Gasteiger partial charge is 0.160 e. The average molecular weight is 197 g/mol. The predicted molar refractivity (Wildman–Crippen MR) is 54.8 cm³/mol. The third-order valence-corrected chi connectivity index (χ3v) is 1.54. The van der Waals surface area contributed by atoms with Gasteiger partial charge in [-0.2, -0.15) is 0 Å². The molecule has 0 saturated carbocycles. The highest BCUT2D eigenvalue weighted by Crippen LogP contribution is 2.03. The number of rotatable bonds is 6. The molecule has 1 aromatic rings. The van der Waals surface area contributed by atoms with E-state index in [2.05, 4.69) is 20.7 Å². The van der Waals surface area contributed by atoms with Crippen LogP contribution >= 0.6 is 0 Å². The van der Waals surface area contributed by atoms with Crippen LogP contribution in [-0.4, -0.2) is 29.7 Å². The number of nitrogens with zero attached hydrogens (tertiary/aromatic N) is 2. The molecule has 0 atom stereocenters. The Morgan fingerprint density at radius 2 is 2.21 bits per heavy atom.